The first kappa shape index (κ1) is 13.4. The van der Waals surface area contributed by atoms with Crippen LogP contribution in [0.15, 0.2) is 66.0 Å². The molecule has 4 heteroatoms. The molecule has 5 rings (SSSR count). The quantitative estimate of drug-likeness (QED) is 0.739. The minimum Gasteiger partial charge on any atom is -0.388 e. The Bertz CT molecular complexity index is 888. The number of aliphatic hydroxyl groups excluding tert-OH is 1. The van der Waals surface area contributed by atoms with Crippen LogP contribution in [0.2, 0.25) is 0 Å². The fourth-order valence-electron chi connectivity index (χ4n) is 3.94. The Morgan fingerprint density at radius 3 is 2.74 bits per heavy atom. The zero-order valence-electron chi connectivity index (χ0n) is 12.5. The van der Waals surface area contributed by atoms with Gasteiger partial charge in [0.2, 0.25) is 0 Å². The summed E-state index contributed by atoms with van der Waals surface area (Å²) in [5, 5.41) is 11.0. The van der Waals surface area contributed by atoms with E-state index in [1.54, 1.807) is 0 Å². The number of hydrogen-bond acceptors (Lipinski definition) is 3. The summed E-state index contributed by atoms with van der Waals surface area (Å²) in [6.07, 6.45) is 3.38. The summed E-state index contributed by atoms with van der Waals surface area (Å²) in [4.78, 5) is 5.53. The Hall–Kier alpha value is -2.04. The number of aliphatic hydroxyl groups is 1. The predicted octanol–water partition coefficient (Wildman–Crippen LogP) is 3.91. The topological polar surface area (TPSA) is 38.1 Å². The van der Waals surface area contributed by atoms with Crippen LogP contribution in [-0.2, 0) is 0 Å². The van der Waals surface area contributed by atoms with Gasteiger partial charge in [0.1, 0.15) is 0 Å². The molecule has 0 bridgehead atoms. The molecule has 3 heterocycles. The van der Waals surface area contributed by atoms with Crippen molar-refractivity contribution < 1.29 is 5.11 Å². The highest BCUT2D eigenvalue weighted by atomic mass is 32.2. The number of rotatable bonds is 1. The fourth-order valence-corrected chi connectivity index (χ4v) is 5.20. The Morgan fingerprint density at radius 1 is 1.04 bits per heavy atom. The summed E-state index contributed by atoms with van der Waals surface area (Å²) < 4.78 is 2.23. The lowest BCUT2D eigenvalue weighted by molar-refractivity contribution is 0.0944. The van der Waals surface area contributed by atoms with E-state index in [0.717, 1.165) is 17.0 Å². The first-order valence-corrected chi connectivity index (χ1v) is 8.84. The molecule has 0 fully saturated rings. The molecule has 1 aromatic heterocycles. The van der Waals surface area contributed by atoms with E-state index >= 15 is 0 Å². The van der Waals surface area contributed by atoms with Crippen molar-refractivity contribution in [3.8, 4) is 11.3 Å². The molecule has 0 saturated heterocycles. The van der Waals surface area contributed by atoms with Gasteiger partial charge in [0, 0.05) is 22.1 Å². The number of hydrogen-bond donors (Lipinski definition) is 1. The van der Waals surface area contributed by atoms with Crippen LogP contribution in [0.25, 0.3) is 11.3 Å². The molecule has 2 aliphatic heterocycles. The number of benzene rings is 2. The summed E-state index contributed by atoms with van der Waals surface area (Å²) in [7, 11) is 0. The maximum Gasteiger partial charge on any atom is 0.0956 e. The highest BCUT2D eigenvalue weighted by Gasteiger charge is 2.40. The summed E-state index contributed by atoms with van der Waals surface area (Å²) in [6.45, 7) is 0. The molecule has 0 spiro atoms. The second kappa shape index (κ2) is 4.98. The molecule has 23 heavy (non-hydrogen) atoms. The maximum atomic E-state index is 11.0. The molecule has 0 radical (unpaired) electrons. The van der Waals surface area contributed by atoms with Gasteiger partial charge in [-0.2, -0.15) is 0 Å². The molecular weight excluding hydrogens is 304 g/mol. The lowest BCUT2D eigenvalue weighted by Crippen LogP contribution is -2.28. The predicted molar refractivity (Wildman–Crippen MR) is 91.4 cm³/mol. The Labute approximate surface area is 139 Å². The third kappa shape index (κ3) is 1.85. The number of aromatic nitrogens is 2. The van der Waals surface area contributed by atoms with E-state index in [2.05, 4.69) is 45.9 Å². The highest BCUT2D eigenvalue weighted by molar-refractivity contribution is 7.99. The average Bonchev–Trinajstić information content (AvgIpc) is 3.17. The highest BCUT2D eigenvalue weighted by Crippen LogP contribution is 2.50. The molecule has 0 amide bonds. The van der Waals surface area contributed by atoms with E-state index in [1.165, 1.54) is 16.0 Å². The number of fused-ring (bicyclic) bond motifs is 4. The van der Waals surface area contributed by atoms with Gasteiger partial charge in [-0.1, -0.05) is 42.5 Å². The maximum absolute atomic E-state index is 11.0. The fraction of sp³-hybridized carbons (Fsp3) is 0.211. The van der Waals surface area contributed by atoms with Crippen molar-refractivity contribution >= 4 is 11.8 Å². The van der Waals surface area contributed by atoms with E-state index in [-0.39, 0.29) is 12.0 Å². The van der Waals surface area contributed by atoms with Crippen LogP contribution >= 0.6 is 11.8 Å². The van der Waals surface area contributed by atoms with Gasteiger partial charge in [-0.25, -0.2) is 4.98 Å². The number of nitrogens with zero attached hydrogens (tertiary/aromatic N) is 2. The van der Waals surface area contributed by atoms with Gasteiger partial charge in [0.25, 0.3) is 0 Å². The van der Waals surface area contributed by atoms with Gasteiger partial charge in [0.05, 0.1) is 30.4 Å². The van der Waals surface area contributed by atoms with Crippen molar-refractivity contribution in [2.24, 2.45) is 5.92 Å². The molecule has 0 unspecified atom stereocenters. The molecular formula is C19H16N2OS. The van der Waals surface area contributed by atoms with E-state index in [4.69, 9.17) is 0 Å². The molecule has 3 aromatic rings. The molecule has 3 nitrogen and oxygen atoms in total. The molecule has 0 aliphatic carbocycles. The van der Waals surface area contributed by atoms with Crippen molar-refractivity contribution in [1.29, 1.82) is 0 Å². The average molecular weight is 320 g/mol. The van der Waals surface area contributed by atoms with Crippen molar-refractivity contribution in [2.75, 3.05) is 5.75 Å². The Kier molecular flexibility index (Phi) is 2.90. The van der Waals surface area contributed by atoms with E-state index in [1.807, 2.05) is 36.4 Å². The number of thioether (sulfide) groups is 1. The third-order valence-electron chi connectivity index (χ3n) is 5.00. The van der Waals surface area contributed by atoms with Crippen LogP contribution in [0.3, 0.4) is 0 Å². The van der Waals surface area contributed by atoms with Crippen LogP contribution in [0.4, 0.5) is 0 Å². The van der Waals surface area contributed by atoms with Gasteiger partial charge in [0.15, 0.2) is 0 Å². The molecule has 2 aliphatic rings. The summed E-state index contributed by atoms with van der Waals surface area (Å²) in [5.41, 5.74) is 4.75. The molecule has 3 atom stereocenters. The van der Waals surface area contributed by atoms with Gasteiger partial charge < -0.3 is 9.67 Å². The normalized spacial score (nSPS) is 24.8. The zero-order chi connectivity index (χ0) is 15.4. The lowest BCUT2D eigenvalue weighted by atomic mass is 9.86. The van der Waals surface area contributed by atoms with Crippen molar-refractivity contribution in [1.82, 2.24) is 9.55 Å². The van der Waals surface area contributed by atoms with Gasteiger partial charge in [-0.3, -0.25) is 0 Å². The summed E-state index contributed by atoms with van der Waals surface area (Å²) in [5.74, 6) is 1.06. The van der Waals surface area contributed by atoms with Crippen molar-refractivity contribution in [2.45, 2.75) is 17.0 Å². The largest absolute Gasteiger partial charge is 0.388 e. The van der Waals surface area contributed by atoms with Crippen LogP contribution in [-0.4, -0.2) is 20.4 Å². The molecule has 0 saturated carbocycles. The zero-order valence-corrected chi connectivity index (χ0v) is 13.3. The van der Waals surface area contributed by atoms with Crippen molar-refractivity contribution in [3.05, 3.63) is 72.2 Å². The van der Waals surface area contributed by atoms with E-state index < -0.39 is 6.10 Å². The minimum absolute atomic E-state index is 0.145. The third-order valence-corrected chi connectivity index (χ3v) is 6.24. The lowest BCUT2D eigenvalue weighted by Gasteiger charge is -2.34. The SMILES string of the molecule is O[C@H]1c2ccccc2SC[C@H]1[C@H]1c2ccccc2-c2cncn21. The van der Waals surface area contributed by atoms with E-state index in [9.17, 15) is 5.11 Å². The summed E-state index contributed by atoms with van der Waals surface area (Å²) in [6, 6.07) is 16.8. The second-order valence-electron chi connectivity index (χ2n) is 6.18. The monoisotopic (exact) mass is 320 g/mol. The second-order valence-corrected chi connectivity index (χ2v) is 7.24. The van der Waals surface area contributed by atoms with Crippen molar-refractivity contribution in [3.63, 3.8) is 0 Å². The molecule has 114 valence electrons. The van der Waals surface area contributed by atoms with Crippen LogP contribution in [0, 0.1) is 5.92 Å². The van der Waals surface area contributed by atoms with Crippen LogP contribution < -0.4 is 0 Å². The number of imidazole rings is 1. The Morgan fingerprint density at radius 2 is 1.83 bits per heavy atom. The Balaban J connectivity index is 1.64. The molecule has 1 N–H and O–H groups in total. The molecule has 2 aromatic carbocycles. The van der Waals surface area contributed by atoms with E-state index in [0.29, 0.717) is 0 Å². The smallest absolute Gasteiger partial charge is 0.0956 e. The minimum atomic E-state index is -0.446. The standard InChI is InChI=1S/C19H16N2OS/c22-19-14-7-3-4-8-17(14)23-10-15(19)18-13-6-2-1-5-12(13)16-9-20-11-21(16)18/h1-9,11,15,18-19,22H,10H2/t15-,18+,19-/m0/s1. The summed E-state index contributed by atoms with van der Waals surface area (Å²) >= 11 is 1.85. The van der Waals surface area contributed by atoms with Gasteiger partial charge in [-0.05, 0) is 17.2 Å². The van der Waals surface area contributed by atoms with Gasteiger partial charge in [-0.15, -0.1) is 11.8 Å². The van der Waals surface area contributed by atoms with Crippen LogP contribution in [0.1, 0.15) is 23.3 Å². The first-order chi connectivity index (χ1) is 11.3. The first-order valence-electron chi connectivity index (χ1n) is 7.85. The van der Waals surface area contributed by atoms with Crippen LogP contribution in [0.5, 0.6) is 0 Å². The van der Waals surface area contributed by atoms with Gasteiger partial charge >= 0.3 is 0 Å².